The van der Waals surface area contributed by atoms with E-state index in [-0.39, 0.29) is 17.1 Å². The average molecular weight is 397 g/mol. The number of aromatic nitrogens is 2. The Morgan fingerprint density at radius 1 is 1.25 bits per heavy atom. The molecule has 0 bridgehead atoms. The van der Waals surface area contributed by atoms with Gasteiger partial charge in [0.1, 0.15) is 5.69 Å². The van der Waals surface area contributed by atoms with Crippen LogP contribution in [-0.4, -0.2) is 39.7 Å². The van der Waals surface area contributed by atoms with Gasteiger partial charge in [-0.2, -0.15) is 13.2 Å². The summed E-state index contributed by atoms with van der Waals surface area (Å²) in [5, 5.41) is 11.7. The highest BCUT2D eigenvalue weighted by atomic mass is 19.4. The molecule has 1 unspecified atom stereocenters. The zero-order valence-corrected chi connectivity index (χ0v) is 15.3. The first-order valence-corrected chi connectivity index (χ1v) is 8.15. The second kappa shape index (κ2) is 8.24. The second-order valence-electron chi connectivity index (χ2n) is 6.18. The topological polar surface area (TPSA) is 101 Å². The number of carboxylic acids is 1. The number of carboxylic acid groups (broad SMARTS) is 1. The fourth-order valence-corrected chi connectivity index (χ4v) is 2.39. The molecule has 10 heteroatoms. The van der Waals surface area contributed by atoms with Gasteiger partial charge in [0.25, 0.3) is 5.91 Å². The third-order valence-electron chi connectivity index (χ3n) is 3.71. The summed E-state index contributed by atoms with van der Waals surface area (Å²) in [6, 6.07) is 3.64. The van der Waals surface area contributed by atoms with E-state index in [1.54, 1.807) is 26.8 Å². The van der Waals surface area contributed by atoms with Crippen molar-refractivity contribution in [1.82, 2.24) is 15.3 Å². The number of hydrogen-bond acceptors (Lipinski definition) is 5. The first kappa shape index (κ1) is 21.1. The minimum atomic E-state index is -4.47. The maximum absolute atomic E-state index is 12.4. The van der Waals surface area contributed by atoms with Crippen molar-refractivity contribution in [2.24, 2.45) is 0 Å². The smallest absolute Gasteiger partial charge is 0.422 e. The van der Waals surface area contributed by atoms with Gasteiger partial charge in [-0.05, 0) is 44.5 Å². The van der Waals surface area contributed by atoms with E-state index in [0.717, 1.165) is 6.07 Å². The third-order valence-corrected chi connectivity index (χ3v) is 3.71. The monoisotopic (exact) mass is 397 g/mol. The number of rotatable bonds is 6. The van der Waals surface area contributed by atoms with Crippen LogP contribution < -0.4 is 10.1 Å². The first-order valence-electron chi connectivity index (χ1n) is 8.15. The Hall–Kier alpha value is -3.17. The minimum absolute atomic E-state index is 0.131. The van der Waals surface area contributed by atoms with Gasteiger partial charge in [0.15, 0.2) is 6.61 Å². The molecular formula is C18H18F3N3O4. The lowest BCUT2D eigenvalue weighted by Crippen LogP contribution is -2.27. The maximum atomic E-state index is 12.4. The highest BCUT2D eigenvalue weighted by Crippen LogP contribution is 2.23. The van der Waals surface area contributed by atoms with E-state index in [1.807, 2.05) is 0 Å². The Balaban J connectivity index is 2.12. The number of pyridine rings is 2. The summed E-state index contributed by atoms with van der Waals surface area (Å²) in [4.78, 5) is 31.2. The first-order chi connectivity index (χ1) is 13.0. The summed E-state index contributed by atoms with van der Waals surface area (Å²) in [6.45, 7) is 3.33. The van der Waals surface area contributed by atoms with E-state index in [9.17, 15) is 22.8 Å². The molecule has 0 saturated heterocycles. The highest BCUT2D eigenvalue weighted by molar-refractivity contribution is 5.97. The fraction of sp³-hybridized carbons (Fsp3) is 0.333. The van der Waals surface area contributed by atoms with Gasteiger partial charge in [-0.1, -0.05) is 0 Å². The van der Waals surface area contributed by atoms with E-state index >= 15 is 0 Å². The Morgan fingerprint density at radius 2 is 1.93 bits per heavy atom. The molecule has 2 aromatic heterocycles. The van der Waals surface area contributed by atoms with Crippen LogP contribution in [0.25, 0.3) is 0 Å². The van der Waals surface area contributed by atoms with Crippen LogP contribution in [0, 0.1) is 13.8 Å². The molecular weight excluding hydrogens is 379 g/mol. The number of ether oxygens (including phenoxy) is 1. The van der Waals surface area contributed by atoms with Crippen LogP contribution in [0.1, 0.15) is 50.6 Å². The zero-order valence-electron chi connectivity index (χ0n) is 15.3. The van der Waals surface area contributed by atoms with Crippen LogP contribution in [0.4, 0.5) is 13.2 Å². The van der Waals surface area contributed by atoms with Crippen LogP contribution in [0.3, 0.4) is 0 Å². The van der Waals surface area contributed by atoms with Gasteiger partial charge in [0.05, 0.1) is 6.04 Å². The molecule has 0 saturated carbocycles. The molecule has 1 atom stereocenters. The fourth-order valence-electron chi connectivity index (χ4n) is 2.39. The van der Waals surface area contributed by atoms with E-state index in [1.165, 1.54) is 12.3 Å². The number of nitrogens with one attached hydrogen (secondary N) is 1. The summed E-state index contributed by atoms with van der Waals surface area (Å²) in [5.41, 5.74) is 1.19. The number of halogens is 3. The lowest BCUT2D eigenvalue weighted by molar-refractivity contribution is -0.154. The summed E-state index contributed by atoms with van der Waals surface area (Å²) in [6.07, 6.45) is -3.16. The van der Waals surface area contributed by atoms with Crippen LogP contribution in [-0.2, 0) is 0 Å². The molecule has 0 aliphatic heterocycles. The normalized spacial score (nSPS) is 12.4. The van der Waals surface area contributed by atoms with E-state index in [2.05, 4.69) is 20.0 Å². The molecule has 2 rings (SSSR count). The number of alkyl halides is 3. The van der Waals surface area contributed by atoms with Gasteiger partial charge >= 0.3 is 12.1 Å². The lowest BCUT2D eigenvalue weighted by Gasteiger charge is -2.16. The number of hydrogen-bond donors (Lipinski definition) is 2. The zero-order chi connectivity index (χ0) is 21.1. The number of aryl methyl sites for hydroxylation is 2. The Labute approximate surface area is 158 Å². The predicted octanol–water partition coefficient (Wildman–Crippen LogP) is 3.22. The quantitative estimate of drug-likeness (QED) is 0.776. The number of amides is 1. The van der Waals surface area contributed by atoms with Gasteiger partial charge in [-0.3, -0.25) is 4.79 Å². The van der Waals surface area contributed by atoms with Crippen molar-refractivity contribution < 1.29 is 32.6 Å². The number of carbonyl (C=O) groups excluding carboxylic acids is 1. The molecule has 0 spiro atoms. The number of aromatic carboxylic acids is 1. The Morgan fingerprint density at radius 3 is 2.50 bits per heavy atom. The molecule has 1 amide bonds. The molecule has 2 aromatic rings. The van der Waals surface area contributed by atoms with E-state index in [0.29, 0.717) is 16.8 Å². The van der Waals surface area contributed by atoms with Crippen molar-refractivity contribution in [2.75, 3.05) is 6.61 Å². The third kappa shape index (κ3) is 5.66. The molecule has 0 aliphatic rings. The summed E-state index contributed by atoms with van der Waals surface area (Å²) < 4.78 is 41.4. The molecule has 7 nitrogen and oxygen atoms in total. The maximum Gasteiger partial charge on any atom is 0.422 e. The van der Waals surface area contributed by atoms with Crippen LogP contribution >= 0.6 is 0 Å². The van der Waals surface area contributed by atoms with Gasteiger partial charge in [-0.15, -0.1) is 0 Å². The predicted molar refractivity (Wildman–Crippen MR) is 92.3 cm³/mol. The molecule has 0 aliphatic carbocycles. The van der Waals surface area contributed by atoms with Crippen molar-refractivity contribution in [3.8, 4) is 5.88 Å². The van der Waals surface area contributed by atoms with E-state index in [4.69, 9.17) is 5.11 Å². The van der Waals surface area contributed by atoms with Gasteiger partial charge in [0, 0.05) is 23.0 Å². The molecule has 0 aromatic carbocycles. The van der Waals surface area contributed by atoms with Crippen LogP contribution in [0.5, 0.6) is 5.88 Å². The molecule has 2 heterocycles. The van der Waals surface area contributed by atoms with Gasteiger partial charge in [-0.25, -0.2) is 14.8 Å². The van der Waals surface area contributed by atoms with Crippen molar-refractivity contribution in [3.63, 3.8) is 0 Å². The largest absolute Gasteiger partial charge is 0.477 e. The van der Waals surface area contributed by atoms with Gasteiger partial charge in [0.2, 0.25) is 5.88 Å². The molecule has 150 valence electrons. The SMILES string of the molecule is Cc1cc(C(=O)NC(C)c2cnc(OCC(F)(F)F)c(C)c2)cc(C(=O)O)n1. The van der Waals surface area contributed by atoms with Crippen LogP contribution in [0.15, 0.2) is 24.4 Å². The Bertz CT molecular complexity index is 900. The molecule has 0 fully saturated rings. The summed E-state index contributed by atoms with van der Waals surface area (Å²) >= 11 is 0. The molecule has 2 N–H and O–H groups in total. The molecule has 28 heavy (non-hydrogen) atoms. The van der Waals surface area contributed by atoms with Crippen molar-refractivity contribution in [3.05, 3.63) is 52.5 Å². The van der Waals surface area contributed by atoms with Crippen LogP contribution in [0.2, 0.25) is 0 Å². The highest BCUT2D eigenvalue weighted by Gasteiger charge is 2.29. The summed E-state index contributed by atoms with van der Waals surface area (Å²) in [7, 11) is 0. The second-order valence-corrected chi connectivity index (χ2v) is 6.18. The standard InChI is InChI=1S/C18H18F3N3O4/c1-9-4-13(7-22-16(9)28-8-18(19,20)21)11(3)24-15(25)12-5-10(2)23-14(6-12)17(26)27/h4-7,11H,8H2,1-3H3,(H,24,25)(H,26,27). The van der Waals surface area contributed by atoms with Crippen molar-refractivity contribution in [2.45, 2.75) is 33.0 Å². The van der Waals surface area contributed by atoms with Crippen molar-refractivity contribution in [1.29, 1.82) is 0 Å². The summed E-state index contributed by atoms with van der Waals surface area (Å²) in [5.74, 6) is -1.91. The number of nitrogens with zero attached hydrogens (tertiary/aromatic N) is 2. The number of carbonyl (C=O) groups is 2. The average Bonchev–Trinajstić information content (AvgIpc) is 2.59. The lowest BCUT2D eigenvalue weighted by atomic mass is 10.1. The van der Waals surface area contributed by atoms with Crippen molar-refractivity contribution >= 4 is 11.9 Å². The Kier molecular flexibility index (Phi) is 6.22. The minimum Gasteiger partial charge on any atom is -0.477 e. The van der Waals surface area contributed by atoms with Gasteiger partial charge < -0.3 is 15.2 Å². The van der Waals surface area contributed by atoms with E-state index < -0.39 is 30.7 Å². The molecule has 0 radical (unpaired) electrons.